The fraction of sp³-hybridized carbons (Fsp3) is 0.467. The van der Waals surface area contributed by atoms with Gasteiger partial charge in [0.05, 0.1) is 24.3 Å². The van der Waals surface area contributed by atoms with Gasteiger partial charge in [0, 0.05) is 21.2 Å². The Bertz CT molecular complexity index is 586. The van der Waals surface area contributed by atoms with Crippen molar-refractivity contribution in [2.24, 2.45) is 4.99 Å². The first kappa shape index (κ1) is 16.0. The molecule has 0 atom stereocenters. The summed E-state index contributed by atoms with van der Waals surface area (Å²) in [6.07, 6.45) is 1.09. The van der Waals surface area contributed by atoms with Gasteiger partial charge in [-0.05, 0) is 32.4 Å². The topological polar surface area (TPSA) is 49.3 Å². The lowest BCUT2D eigenvalue weighted by atomic mass is 10.4. The molecule has 0 aromatic carbocycles. The molecule has 0 amide bonds. The third-order valence-corrected chi connectivity index (χ3v) is 5.21. The van der Waals surface area contributed by atoms with Crippen molar-refractivity contribution in [1.29, 1.82) is 0 Å². The molecule has 2 heterocycles. The Kier molecular flexibility index (Phi) is 6.20. The van der Waals surface area contributed by atoms with Crippen molar-refractivity contribution in [3.05, 3.63) is 38.0 Å². The largest absolute Gasteiger partial charge is 0.357 e. The number of aryl methyl sites for hydroxylation is 2. The minimum Gasteiger partial charge on any atom is -0.357 e. The third kappa shape index (κ3) is 4.82. The quantitative estimate of drug-likeness (QED) is 0.633. The minimum absolute atomic E-state index is 0.724. The van der Waals surface area contributed by atoms with Crippen LogP contribution in [-0.4, -0.2) is 17.5 Å². The zero-order chi connectivity index (χ0) is 15.1. The number of nitrogens with one attached hydrogen (secondary N) is 2. The zero-order valence-corrected chi connectivity index (χ0v) is 14.4. The summed E-state index contributed by atoms with van der Waals surface area (Å²) in [4.78, 5) is 12.9. The van der Waals surface area contributed by atoms with Crippen LogP contribution in [0.2, 0.25) is 0 Å². The normalized spacial score (nSPS) is 11.7. The fourth-order valence-corrected chi connectivity index (χ4v) is 3.46. The molecule has 0 bridgehead atoms. The first-order chi connectivity index (χ1) is 10.2. The Morgan fingerprint density at radius 3 is 2.67 bits per heavy atom. The number of hydrogen-bond acceptors (Lipinski definition) is 4. The van der Waals surface area contributed by atoms with E-state index < -0.39 is 0 Å². The van der Waals surface area contributed by atoms with Gasteiger partial charge in [-0.25, -0.2) is 9.98 Å². The molecule has 2 aromatic rings. The highest BCUT2D eigenvalue weighted by Gasteiger charge is 2.04. The van der Waals surface area contributed by atoms with Crippen molar-refractivity contribution in [2.45, 2.75) is 40.3 Å². The van der Waals surface area contributed by atoms with Crippen LogP contribution in [0, 0.1) is 6.92 Å². The van der Waals surface area contributed by atoms with E-state index in [9.17, 15) is 0 Å². The smallest absolute Gasteiger partial charge is 0.191 e. The fourth-order valence-electron chi connectivity index (χ4n) is 1.86. The molecule has 0 aliphatic rings. The monoisotopic (exact) mass is 322 g/mol. The molecule has 21 heavy (non-hydrogen) atoms. The molecule has 2 aromatic heterocycles. The van der Waals surface area contributed by atoms with Crippen LogP contribution in [0.15, 0.2) is 22.6 Å². The Balaban J connectivity index is 1.93. The van der Waals surface area contributed by atoms with Gasteiger partial charge in [0.15, 0.2) is 5.96 Å². The standard InChI is InChI=1S/C15H22N4S2/c1-4-12-6-7-13(21-12)8-17-15(16-5-2)18-9-14-11(3)19-10-20-14/h6-7,10H,4-5,8-9H2,1-3H3,(H2,16,17,18). The van der Waals surface area contributed by atoms with Gasteiger partial charge in [-0.3, -0.25) is 0 Å². The molecule has 2 rings (SSSR count). The lowest BCUT2D eigenvalue weighted by molar-refractivity contribution is 0.820. The third-order valence-electron chi connectivity index (χ3n) is 3.06. The number of nitrogens with zero attached hydrogens (tertiary/aromatic N) is 2. The van der Waals surface area contributed by atoms with Gasteiger partial charge in [-0.15, -0.1) is 22.7 Å². The molecule has 0 saturated carbocycles. The molecular formula is C15H22N4S2. The van der Waals surface area contributed by atoms with E-state index in [4.69, 9.17) is 0 Å². The Morgan fingerprint density at radius 1 is 1.24 bits per heavy atom. The summed E-state index contributed by atoms with van der Waals surface area (Å²) < 4.78 is 0. The van der Waals surface area contributed by atoms with Crippen molar-refractivity contribution >= 4 is 28.6 Å². The van der Waals surface area contributed by atoms with E-state index in [0.717, 1.165) is 37.7 Å². The Labute approximate surface area is 134 Å². The van der Waals surface area contributed by atoms with E-state index in [0.29, 0.717) is 0 Å². The minimum atomic E-state index is 0.724. The van der Waals surface area contributed by atoms with E-state index in [2.05, 4.69) is 46.6 Å². The first-order valence-electron chi connectivity index (χ1n) is 7.21. The van der Waals surface area contributed by atoms with Gasteiger partial charge in [0.25, 0.3) is 0 Å². The molecule has 0 aliphatic heterocycles. The molecule has 4 nitrogen and oxygen atoms in total. The van der Waals surface area contributed by atoms with Crippen LogP contribution in [0.5, 0.6) is 0 Å². The van der Waals surface area contributed by atoms with Crippen molar-refractivity contribution in [2.75, 3.05) is 6.54 Å². The van der Waals surface area contributed by atoms with Gasteiger partial charge >= 0.3 is 0 Å². The van der Waals surface area contributed by atoms with Crippen molar-refractivity contribution < 1.29 is 0 Å². The maximum absolute atomic E-state index is 4.65. The number of thiazole rings is 1. The summed E-state index contributed by atoms with van der Waals surface area (Å²) in [5.41, 5.74) is 2.98. The molecule has 0 fully saturated rings. The lowest BCUT2D eigenvalue weighted by Gasteiger charge is -2.10. The number of aromatic nitrogens is 1. The van der Waals surface area contributed by atoms with E-state index in [1.165, 1.54) is 14.6 Å². The molecule has 2 N–H and O–H groups in total. The Hall–Kier alpha value is -1.40. The summed E-state index contributed by atoms with van der Waals surface area (Å²) in [5.74, 6) is 0.858. The second-order valence-corrected chi connectivity index (χ2v) is 6.82. The molecule has 0 spiro atoms. The van der Waals surface area contributed by atoms with Crippen LogP contribution in [0.1, 0.15) is 34.2 Å². The Morgan fingerprint density at radius 2 is 2.05 bits per heavy atom. The SMILES string of the molecule is CCNC(=NCc1ccc(CC)s1)NCc1scnc1C. The molecular weight excluding hydrogens is 300 g/mol. The van der Waals surface area contributed by atoms with Gasteiger partial charge in [-0.1, -0.05) is 6.92 Å². The summed E-state index contributed by atoms with van der Waals surface area (Å²) in [6.45, 7) is 8.65. The lowest BCUT2D eigenvalue weighted by Crippen LogP contribution is -2.36. The molecule has 0 aliphatic carbocycles. The van der Waals surface area contributed by atoms with Gasteiger partial charge in [0.1, 0.15) is 0 Å². The van der Waals surface area contributed by atoms with Crippen LogP contribution >= 0.6 is 22.7 Å². The second kappa shape index (κ2) is 8.14. The second-order valence-electron chi connectivity index (χ2n) is 4.63. The van der Waals surface area contributed by atoms with E-state index in [-0.39, 0.29) is 0 Å². The highest BCUT2D eigenvalue weighted by molar-refractivity contribution is 7.12. The first-order valence-corrected chi connectivity index (χ1v) is 8.91. The van der Waals surface area contributed by atoms with Gasteiger partial charge in [-0.2, -0.15) is 0 Å². The van der Waals surface area contributed by atoms with Crippen LogP contribution in [-0.2, 0) is 19.5 Å². The molecule has 0 radical (unpaired) electrons. The number of rotatable bonds is 6. The van der Waals surface area contributed by atoms with Gasteiger partial charge in [0.2, 0.25) is 0 Å². The van der Waals surface area contributed by atoms with Crippen LogP contribution < -0.4 is 10.6 Å². The predicted molar refractivity (Wildman–Crippen MR) is 92.2 cm³/mol. The van der Waals surface area contributed by atoms with Crippen molar-refractivity contribution in [3.8, 4) is 0 Å². The van der Waals surface area contributed by atoms with Crippen LogP contribution in [0.3, 0.4) is 0 Å². The maximum Gasteiger partial charge on any atom is 0.191 e. The molecule has 0 saturated heterocycles. The summed E-state index contributed by atoms with van der Waals surface area (Å²) >= 11 is 3.52. The zero-order valence-electron chi connectivity index (χ0n) is 12.8. The predicted octanol–water partition coefficient (Wildman–Crippen LogP) is 3.33. The molecule has 0 unspecified atom stereocenters. The van der Waals surface area contributed by atoms with Crippen LogP contribution in [0.25, 0.3) is 0 Å². The average molecular weight is 323 g/mol. The molecule has 114 valence electrons. The average Bonchev–Trinajstić information content (AvgIpc) is 3.11. The van der Waals surface area contributed by atoms with Crippen LogP contribution in [0.4, 0.5) is 0 Å². The highest BCUT2D eigenvalue weighted by Crippen LogP contribution is 2.17. The highest BCUT2D eigenvalue weighted by atomic mass is 32.1. The molecule has 6 heteroatoms. The number of thiophene rings is 1. The summed E-state index contributed by atoms with van der Waals surface area (Å²) in [6, 6.07) is 4.36. The maximum atomic E-state index is 4.65. The number of hydrogen-bond donors (Lipinski definition) is 2. The van der Waals surface area contributed by atoms with Crippen molar-refractivity contribution in [3.63, 3.8) is 0 Å². The van der Waals surface area contributed by atoms with E-state index in [1.807, 2.05) is 23.8 Å². The van der Waals surface area contributed by atoms with E-state index >= 15 is 0 Å². The van der Waals surface area contributed by atoms with Gasteiger partial charge < -0.3 is 10.6 Å². The summed E-state index contributed by atoms with van der Waals surface area (Å²) in [5, 5.41) is 6.65. The van der Waals surface area contributed by atoms with E-state index in [1.54, 1.807) is 11.3 Å². The summed E-state index contributed by atoms with van der Waals surface area (Å²) in [7, 11) is 0. The van der Waals surface area contributed by atoms with Crippen molar-refractivity contribution in [1.82, 2.24) is 15.6 Å². The number of aliphatic imine (C=N–C) groups is 1. The number of guanidine groups is 1.